The summed E-state index contributed by atoms with van der Waals surface area (Å²) in [7, 11) is 0. The van der Waals surface area contributed by atoms with Gasteiger partial charge in [-0.3, -0.25) is 9.79 Å². The number of nitrogens with zero attached hydrogens (tertiary/aromatic N) is 2. The van der Waals surface area contributed by atoms with Gasteiger partial charge in [0.15, 0.2) is 0 Å². The van der Waals surface area contributed by atoms with E-state index >= 15 is 0 Å². The van der Waals surface area contributed by atoms with E-state index in [9.17, 15) is 4.79 Å². The van der Waals surface area contributed by atoms with Gasteiger partial charge in [0.2, 0.25) is 0 Å². The van der Waals surface area contributed by atoms with Crippen LogP contribution in [0.1, 0.15) is 47.8 Å². The molecule has 3 nitrogen and oxygen atoms in total. The maximum absolute atomic E-state index is 13.7. The SMILES string of the molecule is CC/C=C(\C=NCc1ccccc1)C1C=C(C)C(c2ccccc2)N(C(=O)c2ccccc2)C1. The summed E-state index contributed by atoms with van der Waals surface area (Å²) in [6.07, 6.45) is 7.48. The highest BCUT2D eigenvalue weighted by atomic mass is 16.2. The predicted molar refractivity (Wildman–Crippen MR) is 141 cm³/mol. The molecule has 0 fully saturated rings. The van der Waals surface area contributed by atoms with Crippen molar-refractivity contribution < 1.29 is 4.79 Å². The number of hydrogen-bond acceptors (Lipinski definition) is 2. The lowest BCUT2D eigenvalue weighted by molar-refractivity contribution is 0.0675. The molecule has 3 aromatic rings. The summed E-state index contributed by atoms with van der Waals surface area (Å²) in [5.74, 6) is 0.163. The highest BCUT2D eigenvalue weighted by Crippen LogP contribution is 2.37. The summed E-state index contributed by atoms with van der Waals surface area (Å²) < 4.78 is 0. The number of carbonyl (C=O) groups is 1. The lowest BCUT2D eigenvalue weighted by atomic mass is 9.85. The first-order valence-electron chi connectivity index (χ1n) is 12.0. The highest BCUT2D eigenvalue weighted by molar-refractivity contribution is 5.95. The van der Waals surface area contributed by atoms with Crippen molar-refractivity contribution in [2.24, 2.45) is 10.9 Å². The monoisotopic (exact) mass is 448 g/mol. The van der Waals surface area contributed by atoms with Crippen LogP contribution in [0.3, 0.4) is 0 Å². The molecule has 0 bridgehead atoms. The standard InChI is InChI=1S/C31H32N2O/c1-3-13-28(22-32-21-25-14-7-4-8-15-25)29-20-24(2)30(26-16-9-5-10-17-26)33(23-29)31(34)27-18-11-6-12-19-27/h4-20,22,29-30H,3,21,23H2,1-2H3/b28-13+,32-22?. The average molecular weight is 449 g/mol. The van der Waals surface area contributed by atoms with E-state index in [0.29, 0.717) is 13.1 Å². The first-order valence-corrected chi connectivity index (χ1v) is 12.0. The van der Waals surface area contributed by atoms with Gasteiger partial charge in [-0.25, -0.2) is 0 Å². The molecular formula is C31H32N2O. The minimum atomic E-state index is -0.0747. The van der Waals surface area contributed by atoms with Gasteiger partial charge >= 0.3 is 0 Å². The first kappa shape index (κ1) is 23.4. The van der Waals surface area contributed by atoms with Crippen LogP contribution in [0.4, 0.5) is 0 Å². The maximum atomic E-state index is 13.7. The second kappa shape index (κ2) is 11.4. The van der Waals surface area contributed by atoms with Crippen molar-refractivity contribution in [1.29, 1.82) is 0 Å². The number of carbonyl (C=O) groups excluding carboxylic acids is 1. The molecule has 0 radical (unpaired) electrons. The van der Waals surface area contributed by atoms with Crippen LogP contribution in [-0.2, 0) is 6.54 Å². The second-order valence-corrected chi connectivity index (χ2v) is 8.72. The zero-order chi connectivity index (χ0) is 23.8. The van der Waals surface area contributed by atoms with Gasteiger partial charge in [0.05, 0.1) is 12.6 Å². The van der Waals surface area contributed by atoms with Gasteiger partial charge < -0.3 is 4.90 Å². The lowest BCUT2D eigenvalue weighted by Crippen LogP contribution is -2.42. The van der Waals surface area contributed by atoms with Gasteiger partial charge in [0, 0.05) is 24.2 Å². The Kier molecular flexibility index (Phi) is 7.87. The third kappa shape index (κ3) is 5.60. The fourth-order valence-corrected chi connectivity index (χ4v) is 4.63. The van der Waals surface area contributed by atoms with Crippen molar-refractivity contribution >= 4 is 12.1 Å². The van der Waals surface area contributed by atoms with Crippen LogP contribution >= 0.6 is 0 Å². The molecule has 0 N–H and O–H groups in total. The van der Waals surface area contributed by atoms with Crippen molar-refractivity contribution in [2.75, 3.05) is 6.54 Å². The molecule has 3 aromatic carbocycles. The van der Waals surface area contributed by atoms with Crippen molar-refractivity contribution in [3.05, 3.63) is 131 Å². The van der Waals surface area contributed by atoms with Crippen LogP contribution in [0.25, 0.3) is 0 Å². The van der Waals surface area contributed by atoms with E-state index in [0.717, 1.165) is 23.1 Å². The molecule has 2 atom stereocenters. The molecule has 172 valence electrons. The van der Waals surface area contributed by atoms with Crippen molar-refractivity contribution in [3.63, 3.8) is 0 Å². The first-order chi connectivity index (χ1) is 16.7. The molecule has 0 aliphatic carbocycles. The van der Waals surface area contributed by atoms with Crippen molar-refractivity contribution in [1.82, 2.24) is 4.90 Å². The van der Waals surface area contributed by atoms with Gasteiger partial charge in [-0.1, -0.05) is 97.9 Å². The summed E-state index contributed by atoms with van der Waals surface area (Å²) in [5.41, 5.74) is 5.39. The highest BCUT2D eigenvalue weighted by Gasteiger charge is 2.33. The molecule has 0 spiro atoms. The zero-order valence-corrected chi connectivity index (χ0v) is 20.0. The number of allylic oxidation sites excluding steroid dienone is 1. The third-order valence-electron chi connectivity index (χ3n) is 6.22. The molecule has 4 rings (SSSR count). The fourth-order valence-electron chi connectivity index (χ4n) is 4.63. The van der Waals surface area contributed by atoms with Gasteiger partial charge in [-0.05, 0) is 47.8 Å². The van der Waals surface area contributed by atoms with E-state index in [-0.39, 0.29) is 17.9 Å². The number of rotatable bonds is 7. The summed E-state index contributed by atoms with van der Waals surface area (Å²) in [6, 6.07) is 30.1. The van der Waals surface area contributed by atoms with Crippen LogP contribution in [-0.4, -0.2) is 23.6 Å². The van der Waals surface area contributed by atoms with Crippen molar-refractivity contribution in [2.45, 2.75) is 32.9 Å². The Hall–Kier alpha value is -3.72. The molecule has 3 heteroatoms. The van der Waals surface area contributed by atoms with E-state index in [1.54, 1.807) is 0 Å². The van der Waals surface area contributed by atoms with Crippen LogP contribution in [0.15, 0.2) is 119 Å². The van der Waals surface area contributed by atoms with Gasteiger partial charge in [-0.2, -0.15) is 0 Å². The summed E-state index contributed by atoms with van der Waals surface area (Å²) in [4.78, 5) is 20.5. The van der Waals surface area contributed by atoms with Crippen LogP contribution in [0.2, 0.25) is 0 Å². The topological polar surface area (TPSA) is 32.7 Å². The Morgan fingerprint density at radius 2 is 1.56 bits per heavy atom. The minimum Gasteiger partial charge on any atom is -0.327 e. The Balaban J connectivity index is 1.65. The Bertz CT molecular complexity index is 1160. The summed E-state index contributed by atoms with van der Waals surface area (Å²) in [6.45, 7) is 5.55. The number of benzene rings is 3. The minimum absolute atomic E-state index is 0.0592. The van der Waals surface area contributed by atoms with Crippen LogP contribution < -0.4 is 0 Å². The lowest BCUT2D eigenvalue weighted by Gasteiger charge is -2.39. The molecule has 2 unspecified atom stereocenters. The second-order valence-electron chi connectivity index (χ2n) is 8.72. The summed E-state index contributed by atoms with van der Waals surface area (Å²) >= 11 is 0. The molecule has 1 aliphatic rings. The van der Waals surface area contributed by atoms with Gasteiger partial charge in [-0.15, -0.1) is 0 Å². The Labute approximate surface area is 203 Å². The average Bonchev–Trinajstić information content (AvgIpc) is 2.89. The molecule has 0 aromatic heterocycles. The number of aliphatic imine (C=N–C) groups is 1. The van der Waals surface area contributed by atoms with Crippen molar-refractivity contribution in [3.8, 4) is 0 Å². The van der Waals surface area contributed by atoms with E-state index in [1.165, 1.54) is 11.1 Å². The molecule has 0 saturated carbocycles. The van der Waals surface area contributed by atoms with Gasteiger partial charge in [0.25, 0.3) is 5.91 Å². The van der Waals surface area contributed by atoms with Gasteiger partial charge in [0.1, 0.15) is 0 Å². The van der Waals surface area contributed by atoms with E-state index in [4.69, 9.17) is 4.99 Å². The largest absolute Gasteiger partial charge is 0.327 e. The van der Waals surface area contributed by atoms with E-state index in [1.807, 2.05) is 77.8 Å². The molecular weight excluding hydrogens is 416 g/mol. The molecule has 1 aliphatic heterocycles. The summed E-state index contributed by atoms with van der Waals surface area (Å²) in [5, 5.41) is 0. The fraction of sp³-hybridized carbons (Fsp3) is 0.226. The van der Waals surface area contributed by atoms with E-state index < -0.39 is 0 Å². The third-order valence-corrected chi connectivity index (χ3v) is 6.22. The Morgan fingerprint density at radius 1 is 0.941 bits per heavy atom. The number of amides is 1. The van der Waals surface area contributed by atoms with Crippen LogP contribution in [0, 0.1) is 5.92 Å². The molecule has 0 saturated heterocycles. The molecule has 1 amide bonds. The predicted octanol–water partition coefficient (Wildman–Crippen LogP) is 7.05. The normalized spacial score (nSPS) is 18.7. The smallest absolute Gasteiger partial charge is 0.254 e. The number of hydrogen-bond donors (Lipinski definition) is 0. The molecule has 1 heterocycles. The van der Waals surface area contributed by atoms with Crippen LogP contribution in [0.5, 0.6) is 0 Å². The zero-order valence-electron chi connectivity index (χ0n) is 20.0. The Morgan fingerprint density at radius 3 is 2.21 bits per heavy atom. The quantitative estimate of drug-likeness (QED) is 0.281. The molecule has 34 heavy (non-hydrogen) atoms. The maximum Gasteiger partial charge on any atom is 0.254 e. The van der Waals surface area contributed by atoms with E-state index in [2.05, 4.69) is 50.3 Å².